The SMILES string of the molecule is CC(C)CC(C(=O)O)c1cc(N)c(O)c(Br)c1. The zero-order chi connectivity index (χ0) is 13.2. The Kier molecular flexibility index (Phi) is 4.40. The highest BCUT2D eigenvalue weighted by Gasteiger charge is 2.22. The normalized spacial score (nSPS) is 12.7. The first-order chi connectivity index (χ1) is 7.82. The Morgan fingerprint density at radius 2 is 2.06 bits per heavy atom. The lowest BCUT2D eigenvalue weighted by molar-refractivity contribution is -0.139. The molecule has 4 nitrogen and oxygen atoms in total. The molecule has 1 atom stereocenters. The third kappa shape index (κ3) is 3.36. The molecule has 1 unspecified atom stereocenters. The lowest BCUT2D eigenvalue weighted by Gasteiger charge is -2.16. The Labute approximate surface area is 109 Å². The molecule has 0 heterocycles. The van der Waals surface area contributed by atoms with Crippen molar-refractivity contribution in [3.05, 3.63) is 22.2 Å². The van der Waals surface area contributed by atoms with Gasteiger partial charge in [0.1, 0.15) is 0 Å². The van der Waals surface area contributed by atoms with Crippen molar-refractivity contribution in [3.8, 4) is 5.75 Å². The van der Waals surface area contributed by atoms with Crippen LogP contribution in [0.2, 0.25) is 0 Å². The van der Waals surface area contributed by atoms with Gasteiger partial charge in [0, 0.05) is 0 Å². The van der Waals surface area contributed by atoms with E-state index in [4.69, 9.17) is 5.73 Å². The molecule has 0 bridgehead atoms. The third-order valence-corrected chi connectivity index (χ3v) is 3.13. The average molecular weight is 302 g/mol. The molecule has 94 valence electrons. The standard InChI is InChI=1S/C12H16BrNO3/c1-6(2)3-8(12(16)17)7-4-9(13)11(15)10(14)5-7/h4-6,8,15H,3,14H2,1-2H3,(H,16,17). The molecule has 1 aromatic carbocycles. The van der Waals surface area contributed by atoms with Crippen LogP contribution in [0.5, 0.6) is 5.75 Å². The van der Waals surface area contributed by atoms with Gasteiger partial charge in [-0.25, -0.2) is 0 Å². The highest BCUT2D eigenvalue weighted by molar-refractivity contribution is 9.10. The van der Waals surface area contributed by atoms with Crippen molar-refractivity contribution in [3.63, 3.8) is 0 Å². The van der Waals surface area contributed by atoms with Crippen molar-refractivity contribution in [2.45, 2.75) is 26.2 Å². The van der Waals surface area contributed by atoms with Crippen LogP contribution >= 0.6 is 15.9 Å². The number of nitrogens with two attached hydrogens (primary N) is 1. The fourth-order valence-electron chi connectivity index (χ4n) is 1.69. The molecule has 0 radical (unpaired) electrons. The second-order valence-electron chi connectivity index (χ2n) is 4.46. The minimum Gasteiger partial charge on any atom is -0.505 e. The van der Waals surface area contributed by atoms with Gasteiger partial charge in [0.2, 0.25) is 0 Å². The van der Waals surface area contributed by atoms with Crippen molar-refractivity contribution in [2.24, 2.45) is 5.92 Å². The summed E-state index contributed by atoms with van der Waals surface area (Å²) in [6, 6.07) is 3.12. The van der Waals surface area contributed by atoms with Gasteiger partial charge in [-0.05, 0) is 46.0 Å². The first-order valence-electron chi connectivity index (χ1n) is 5.33. The van der Waals surface area contributed by atoms with Crippen LogP contribution in [-0.4, -0.2) is 16.2 Å². The molecule has 0 saturated heterocycles. The van der Waals surface area contributed by atoms with E-state index in [1.165, 1.54) is 6.07 Å². The molecule has 0 spiro atoms. The number of carbonyl (C=O) groups is 1. The highest BCUT2D eigenvalue weighted by atomic mass is 79.9. The second-order valence-corrected chi connectivity index (χ2v) is 5.32. The van der Waals surface area contributed by atoms with Gasteiger partial charge < -0.3 is 15.9 Å². The maximum Gasteiger partial charge on any atom is 0.310 e. The number of phenols is 1. The van der Waals surface area contributed by atoms with Crippen LogP contribution in [-0.2, 0) is 4.79 Å². The van der Waals surface area contributed by atoms with Gasteiger partial charge in [-0.15, -0.1) is 0 Å². The van der Waals surface area contributed by atoms with Crippen LogP contribution < -0.4 is 5.73 Å². The minimum atomic E-state index is -0.879. The number of rotatable bonds is 4. The number of hydrogen-bond donors (Lipinski definition) is 3. The predicted molar refractivity (Wildman–Crippen MR) is 70.1 cm³/mol. The summed E-state index contributed by atoms with van der Waals surface area (Å²) in [6.07, 6.45) is 0.534. The largest absolute Gasteiger partial charge is 0.505 e. The van der Waals surface area contributed by atoms with Crippen LogP contribution in [0.25, 0.3) is 0 Å². The van der Waals surface area contributed by atoms with Crippen molar-refractivity contribution >= 4 is 27.6 Å². The fourth-order valence-corrected chi connectivity index (χ4v) is 2.19. The summed E-state index contributed by atoms with van der Waals surface area (Å²) >= 11 is 3.16. The van der Waals surface area contributed by atoms with E-state index in [9.17, 15) is 15.0 Å². The molecular weight excluding hydrogens is 286 g/mol. The molecule has 0 aliphatic rings. The van der Waals surface area contributed by atoms with Crippen molar-refractivity contribution < 1.29 is 15.0 Å². The summed E-state index contributed by atoms with van der Waals surface area (Å²) in [5, 5.41) is 18.7. The van der Waals surface area contributed by atoms with Gasteiger partial charge in [0.05, 0.1) is 16.1 Å². The monoisotopic (exact) mass is 301 g/mol. The van der Waals surface area contributed by atoms with Crippen LogP contribution in [0, 0.1) is 5.92 Å². The first kappa shape index (κ1) is 13.8. The number of nitrogen functional groups attached to an aromatic ring is 1. The van der Waals surface area contributed by atoms with E-state index in [0.717, 1.165) is 0 Å². The predicted octanol–water partition coefficient (Wildman–Crippen LogP) is 2.95. The van der Waals surface area contributed by atoms with Gasteiger partial charge in [-0.3, -0.25) is 4.79 Å². The molecule has 0 aliphatic heterocycles. The third-order valence-electron chi connectivity index (χ3n) is 2.52. The molecule has 1 rings (SSSR count). The Hall–Kier alpha value is -1.23. The number of benzene rings is 1. The number of hydrogen-bond acceptors (Lipinski definition) is 3. The first-order valence-corrected chi connectivity index (χ1v) is 6.13. The Bertz CT molecular complexity index is 409. The summed E-state index contributed by atoms with van der Waals surface area (Å²) in [7, 11) is 0. The number of anilines is 1. The summed E-state index contributed by atoms with van der Waals surface area (Å²) < 4.78 is 0.419. The molecule has 17 heavy (non-hydrogen) atoms. The number of aromatic hydroxyl groups is 1. The van der Waals surface area contributed by atoms with E-state index >= 15 is 0 Å². The smallest absolute Gasteiger partial charge is 0.310 e. The maximum atomic E-state index is 11.2. The van der Waals surface area contributed by atoms with Crippen molar-refractivity contribution in [1.82, 2.24) is 0 Å². The molecule has 0 fully saturated rings. The summed E-state index contributed by atoms with van der Waals surface area (Å²) in [5.41, 5.74) is 6.41. The average Bonchev–Trinajstić information content (AvgIpc) is 2.21. The van der Waals surface area contributed by atoms with E-state index in [0.29, 0.717) is 16.5 Å². The maximum absolute atomic E-state index is 11.2. The summed E-state index contributed by atoms with van der Waals surface area (Å²) in [5.74, 6) is -1.27. The number of phenolic OH excluding ortho intramolecular Hbond substituents is 1. The Balaban J connectivity index is 3.15. The zero-order valence-electron chi connectivity index (χ0n) is 9.77. The molecule has 4 N–H and O–H groups in total. The number of carboxylic acid groups (broad SMARTS) is 1. The van der Waals surface area contributed by atoms with Gasteiger partial charge in [-0.1, -0.05) is 13.8 Å². The van der Waals surface area contributed by atoms with Crippen molar-refractivity contribution in [2.75, 3.05) is 5.73 Å². The number of carboxylic acids is 1. The van der Waals surface area contributed by atoms with Crippen molar-refractivity contribution in [1.29, 1.82) is 0 Å². The quantitative estimate of drug-likeness (QED) is 0.590. The molecule has 0 aliphatic carbocycles. The molecular formula is C12H16BrNO3. The zero-order valence-corrected chi connectivity index (χ0v) is 11.4. The molecule has 0 saturated carbocycles. The molecule has 5 heteroatoms. The van der Waals surface area contributed by atoms with Crippen LogP contribution in [0.1, 0.15) is 31.7 Å². The van der Waals surface area contributed by atoms with Gasteiger partial charge >= 0.3 is 5.97 Å². The van der Waals surface area contributed by atoms with E-state index in [1.54, 1.807) is 6.07 Å². The van der Waals surface area contributed by atoms with Gasteiger partial charge in [0.25, 0.3) is 0 Å². The van der Waals surface area contributed by atoms with E-state index in [-0.39, 0.29) is 17.4 Å². The number of halogens is 1. The van der Waals surface area contributed by atoms with Crippen LogP contribution in [0.4, 0.5) is 5.69 Å². The van der Waals surface area contributed by atoms with Crippen LogP contribution in [0.15, 0.2) is 16.6 Å². The summed E-state index contributed by atoms with van der Waals surface area (Å²) in [4.78, 5) is 11.2. The molecule has 1 aromatic rings. The van der Waals surface area contributed by atoms with E-state index < -0.39 is 11.9 Å². The highest BCUT2D eigenvalue weighted by Crippen LogP contribution is 2.35. The lowest BCUT2D eigenvalue weighted by atomic mass is 9.90. The van der Waals surface area contributed by atoms with Crippen LogP contribution in [0.3, 0.4) is 0 Å². The lowest BCUT2D eigenvalue weighted by Crippen LogP contribution is -2.14. The molecule has 0 amide bonds. The van der Waals surface area contributed by atoms with Gasteiger partial charge in [-0.2, -0.15) is 0 Å². The molecule has 0 aromatic heterocycles. The topological polar surface area (TPSA) is 83.5 Å². The Morgan fingerprint density at radius 3 is 2.47 bits per heavy atom. The Morgan fingerprint density at radius 1 is 1.47 bits per heavy atom. The second kappa shape index (κ2) is 5.40. The minimum absolute atomic E-state index is 0.0533. The van der Waals surface area contributed by atoms with E-state index in [2.05, 4.69) is 15.9 Å². The number of aliphatic carboxylic acids is 1. The summed E-state index contributed by atoms with van der Waals surface area (Å²) in [6.45, 7) is 3.93. The van der Waals surface area contributed by atoms with Gasteiger partial charge in [0.15, 0.2) is 5.75 Å². The van der Waals surface area contributed by atoms with E-state index in [1.807, 2.05) is 13.8 Å². The fraction of sp³-hybridized carbons (Fsp3) is 0.417.